The zero-order chi connectivity index (χ0) is 22.4. The van der Waals surface area contributed by atoms with Crippen molar-refractivity contribution in [1.82, 2.24) is 4.98 Å². The minimum atomic E-state index is 0.0619. The van der Waals surface area contributed by atoms with E-state index in [1.807, 2.05) is 30.5 Å². The smallest absolute Gasteiger partial charge is 0.0860 e. The SMILES string of the molecule is CC1OC(c2ccc(Cl)cc2)C2CCC(c3ccc(Cl)cc3Cl)C(c3ccc(Br)cn3)C12. The number of rotatable bonds is 3. The van der Waals surface area contributed by atoms with Gasteiger partial charge in [-0.25, -0.2) is 0 Å². The number of nitrogens with zero attached hydrogens (tertiary/aromatic N) is 1. The van der Waals surface area contributed by atoms with E-state index in [1.165, 1.54) is 5.56 Å². The van der Waals surface area contributed by atoms with E-state index in [0.717, 1.165) is 38.6 Å². The van der Waals surface area contributed by atoms with Crippen molar-refractivity contribution in [2.24, 2.45) is 11.8 Å². The Hall–Kier alpha value is -1.10. The molecule has 1 aromatic heterocycles. The molecular weight excluding hydrogens is 529 g/mol. The van der Waals surface area contributed by atoms with Gasteiger partial charge in [-0.1, -0.05) is 53.0 Å². The molecule has 1 saturated carbocycles. The minimum absolute atomic E-state index is 0.0619. The van der Waals surface area contributed by atoms with E-state index in [2.05, 4.69) is 53.2 Å². The highest BCUT2D eigenvalue weighted by Crippen LogP contribution is 2.59. The van der Waals surface area contributed by atoms with Crippen LogP contribution in [0.3, 0.4) is 0 Å². The van der Waals surface area contributed by atoms with E-state index in [4.69, 9.17) is 44.5 Å². The average Bonchev–Trinajstić information content (AvgIpc) is 3.11. The second-order valence-corrected chi connectivity index (χ2v) is 11.0. The topological polar surface area (TPSA) is 22.1 Å². The van der Waals surface area contributed by atoms with Crippen LogP contribution in [0.5, 0.6) is 0 Å². The van der Waals surface area contributed by atoms with Crippen LogP contribution in [0.1, 0.15) is 54.5 Å². The lowest BCUT2D eigenvalue weighted by molar-refractivity contribution is 0.0374. The Balaban J connectivity index is 1.57. The molecule has 3 aromatic rings. The number of benzene rings is 2. The van der Waals surface area contributed by atoms with Crippen molar-refractivity contribution >= 4 is 50.7 Å². The Kier molecular flexibility index (Phi) is 6.57. The van der Waals surface area contributed by atoms with Crippen LogP contribution in [-0.4, -0.2) is 11.1 Å². The van der Waals surface area contributed by atoms with Gasteiger partial charge in [0, 0.05) is 37.3 Å². The molecule has 6 heteroatoms. The number of halogens is 4. The van der Waals surface area contributed by atoms with Crippen LogP contribution in [0, 0.1) is 11.8 Å². The molecule has 5 rings (SSSR count). The Morgan fingerprint density at radius 1 is 0.938 bits per heavy atom. The molecule has 1 aliphatic carbocycles. The van der Waals surface area contributed by atoms with Gasteiger partial charge in [0.25, 0.3) is 0 Å². The van der Waals surface area contributed by atoms with Crippen molar-refractivity contribution in [3.05, 3.63) is 97.2 Å². The summed E-state index contributed by atoms with van der Waals surface area (Å²) in [6.07, 6.45) is 4.14. The van der Waals surface area contributed by atoms with Crippen LogP contribution in [-0.2, 0) is 4.74 Å². The van der Waals surface area contributed by atoms with Crippen molar-refractivity contribution in [3.8, 4) is 0 Å². The van der Waals surface area contributed by atoms with Gasteiger partial charge in [0.05, 0.1) is 12.2 Å². The van der Waals surface area contributed by atoms with Gasteiger partial charge in [-0.05, 0) is 101 Å². The summed E-state index contributed by atoms with van der Waals surface area (Å²) in [6, 6.07) is 18.2. The Labute approximate surface area is 212 Å². The maximum absolute atomic E-state index is 6.70. The maximum atomic E-state index is 6.70. The first kappa shape index (κ1) is 22.7. The molecule has 2 aliphatic rings. The molecule has 1 aliphatic heterocycles. The second kappa shape index (κ2) is 9.27. The van der Waals surface area contributed by atoms with Gasteiger partial charge in [-0.3, -0.25) is 4.98 Å². The quantitative estimate of drug-likeness (QED) is 0.324. The summed E-state index contributed by atoms with van der Waals surface area (Å²) in [4.78, 5) is 4.84. The molecule has 0 N–H and O–H groups in total. The zero-order valence-corrected chi connectivity index (χ0v) is 21.4. The molecule has 0 spiro atoms. The first-order chi connectivity index (χ1) is 15.4. The number of ether oxygens (including phenoxy) is 1. The van der Waals surface area contributed by atoms with Gasteiger partial charge < -0.3 is 4.74 Å². The summed E-state index contributed by atoms with van der Waals surface area (Å²) in [6.45, 7) is 2.20. The number of fused-ring (bicyclic) bond motifs is 1. The van der Waals surface area contributed by atoms with Crippen LogP contribution < -0.4 is 0 Å². The van der Waals surface area contributed by atoms with Crippen molar-refractivity contribution in [2.45, 2.75) is 43.8 Å². The van der Waals surface area contributed by atoms with E-state index in [9.17, 15) is 0 Å². The minimum Gasteiger partial charge on any atom is -0.370 e. The molecule has 2 nitrogen and oxygen atoms in total. The summed E-state index contributed by atoms with van der Waals surface area (Å²) in [5.41, 5.74) is 3.43. The molecule has 1 saturated heterocycles. The fourth-order valence-corrected chi connectivity index (χ4v) is 6.72. The number of hydrogen-bond donors (Lipinski definition) is 0. The van der Waals surface area contributed by atoms with Gasteiger partial charge in [-0.2, -0.15) is 0 Å². The first-order valence-electron chi connectivity index (χ1n) is 10.9. The van der Waals surface area contributed by atoms with Crippen LogP contribution in [0.4, 0.5) is 0 Å². The Morgan fingerprint density at radius 3 is 2.38 bits per heavy atom. The van der Waals surface area contributed by atoms with Crippen molar-refractivity contribution < 1.29 is 4.74 Å². The third-order valence-electron chi connectivity index (χ3n) is 7.10. The predicted octanol–water partition coefficient (Wildman–Crippen LogP) is 8.86. The fraction of sp³-hybridized carbons (Fsp3) is 0.346. The number of hydrogen-bond acceptors (Lipinski definition) is 2. The third-order valence-corrected chi connectivity index (χ3v) is 8.38. The summed E-state index contributed by atoms with van der Waals surface area (Å²) in [5.74, 6) is 1.19. The van der Waals surface area contributed by atoms with Crippen LogP contribution in [0.2, 0.25) is 15.1 Å². The molecule has 0 amide bonds. The van der Waals surface area contributed by atoms with E-state index in [0.29, 0.717) is 16.9 Å². The highest BCUT2D eigenvalue weighted by atomic mass is 79.9. The third kappa shape index (κ3) is 4.23. The van der Waals surface area contributed by atoms with Gasteiger partial charge in [-0.15, -0.1) is 0 Å². The van der Waals surface area contributed by atoms with E-state index in [1.54, 1.807) is 0 Å². The van der Waals surface area contributed by atoms with Crippen molar-refractivity contribution in [3.63, 3.8) is 0 Å². The van der Waals surface area contributed by atoms with Crippen LogP contribution >= 0.6 is 50.7 Å². The Morgan fingerprint density at radius 2 is 1.69 bits per heavy atom. The van der Waals surface area contributed by atoms with Crippen molar-refractivity contribution in [1.29, 1.82) is 0 Å². The van der Waals surface area contributed by atoms with E-state index in [-0.39, 0.29) is 24.0 Å². The van der Waals surface area contributed by atoms with Crippen molar-refractivity contribution in [2.75, 3.05) is 0 Å². The van der Waals surface area contributed by atoms with Gasteiger partial charge in [0.15, 0.2) is 0 Å². The lowest BCUT2D eigenvalue weighted by Gasteiger charge is -2.42. The molecule has 0 radical (unpaired) electrons. The molecule has 0 bridgehead atoms. The standard InChI is InChI=1S/C26H23BrCl3NO/c1-14-24-21(26(32-14)15-2-5-17(28)6-3-15)10-9-20(19-8-7-18(29)12-22(19)30)25(24)23-11-4-16(27)13-31-23/h2-8,11-14,20-21,24-26H,9-10H2,1H3. The number of pyridine rings is 1. The maximum Gasteiger partial charge on any atom is 0.0860 e. The van der Waals surface area contributed by atoms with Gasteiger partial charge in [0.2, 0.25) is 0 Å². The van der Waals surface area contributed by atoms with Crippen LogP contribution in [0.25, 0.3) is 0 Å². The van der Waals surface area contributed by atoms with Gasteiger partial charge >= 0.3 is 0 Å². The fourth-order valence-electron chi connectivity index (χ4n) is 5.81. The molecule has 32 heavy (non-hydrogen) atoms. The Bertz CT molecular complexity index is 1110. The summed E-state index contributed by atoms with van der Waals surface area (Å²) < 4.78 is 7.59. The highest BCUT2D eigenvalue weighted by Gasteiger charge is 2.52. The summed E-state index contributed by atoms with van der Waals surface area (Å²) >= 11 is 22.6. The monoisotopic (exact) mass is 549 g/mol. The molecule has 166 valence electrons. The van der Waals surface area contributed by atoms with E-state index < -0.39 is 0 Å². The molecule has 6 unspecified atom stereocenters. The zero-order valence-electron chi connectivity index (χ0n) is 17.5. The lowest BCUT2D eigenvalue weighted by atomic mass is 9.61. The van der Waals surface area contributed by atoms with Crippen LogP contribution in [0.15, 0.2) is 65.3 Å². The number of aromatic nitrogens is 1. The highest BCUT2D eigenvalue weighted by molar-refractivity contribution is 9.10. The molecule has 2 fully saturated rings. The normalized spacial score (nSPS) is 29.7. The molecular formula is C26H23BrCl3NO. The lowest BCUT2D eigenvalue weighted by Crippen LogP contribution is -2.35. The molecule has 2 heterocycles. The largest absolute Gasteiger partial charge is 0.370 e. The second-order valence-electron chi connectivity index (χ2n) is 8.83. The predicted molar refractivity (Wildman–Crippen MR) is 135 cm³/mol. The average molecular weight is 552 g/mol. The summed E-state index contributed by atoms with van der Waals surface area (Å²) in [5, 5.41) is 2.13. The summed E-state index contributed by atoms with van der Waals surface area (Å²) in [7, 11) is 0. The first-order valence-corrected chi connectivity index (χ1v) is 12.8. The van der Waals surface area contributed by atoms with Gasteiger partial charge in [0.1, 0.15) is 0 Å². The van der Waals surface area contributed by atoms with E-state index >= 15 is 0 Å². The molecule has 6 atom stereocenters. The molecule has 2 aromatic carbocycles.